The number of hydrogen-bond donors (Lipinski definition) is 1. The summed E-state index contributed by atoms with van der Waals surface area (Å²) in [5.74, 6) is 2.15. The van der Waals surface area contributed by atoms with Gasteiger partial charge in [-0.3, -0.25) is 4.79 Å². The molecule has 1 N–H and O–H groups in total. The number of ether oxygens (including phenoxy) is 2. The Balaban J connectivity index is 1.28. The first-order valence-corrected chi connectivity index (χ1v) is 13.9. The number of halogens is 2. The molecule has 0 aromatic heterocycles. The molecule has 1 aliphatic carbocycles. The molecular weight excluding hydrogens is 519 g/mol. The molecule has 3 aromatic carbocycles. The molecule has 38 heavy (non-hydrogen) atoms. The number of rotatable bonds is 9. The smallest absolute Gasteiger partial charge is 0.231 e. The number of hydrogen-bond acceptors (Lipinski definition) is 4. The van der Waals surface area contributed by atoms with E-state index in [0.717, 1.165) is 50.0 Å². The van der Waals surface area contributed by atoms with Gasteiger partial charge in [-0.2, -0.15) is 0 Å². The number of methoxy groups -OCH3 is 2. The van der Waals surface area contributed by atoms with E-state index in [1.807, 2.05) is 30.3 Å². The second-order valence-corrected chi connectivity index (χ2v) is 11.2. The minimum Gasteiger partial charge on any atom is -0.493 e. The number of amides is 1. The molecule has 1 saturated carbocycles. The summed E-state index contributed by atoms with van der Waals surface area (Å²) >= 11 is 12.6. The molecule has 1 saturated heterocycles. The van der Waals surface area contributed by atoms with E-state index in [0.29, 0.717) is 34.0 Å². The fourth-order valence-electron chi connectivity index (χ4n) is 5.90. The molecule has 200 valence electrons. The number of carbonyl (C=O) groups is 1. The molecule has 5 rings (SSSR count). The minimum absolute atomic E-state index is 0.0230. The highest BCUT2D eigenvalue weighted by Crippen LogP contribution is 2.56. The van der Waals surface area contributed by atoms with E-state index in [2.05, 4.69) is 40.5 Å². The second kappa shape index (κ2) is 11.6. The van der Waals surface area contributed by atoms with Crippen LogP contribution >= 0.6 is 23.2 Å². The second-order valence-electron chi connectivity index (χ2n) is 10.4. The average molecular weight is 554 g/mol. The third-order valence-corrected chi connectivity index (χ3v) is 8.92. The van der Waals surface area contributed by atoms with Gasteiger partial charge in [-0.05, 0) is 85.1 Å². The Labute approximate surface area is 235 Å². The molecule has 0 radical (unpaired) electrons. The maximum Gasteiger partial charge on any atom is 0.231 e. The summed E-state index contributed by atoms with van der Waals surface area (Å²) < 4.78 is 10.8. The molecule has 2 fully saturated rings. The lowest BCUT2D eigenvalue weighted by molar-refractivity contribution is -0.124. The van der Waals surface area contributed by atoms with Crippen LogP contribution in [0.3, 0.4) is 0 Å². The Kier molecular flexibility index (Phi) is 8.18. The maximum atomic E-state index is 13.8. The van der Waals surface area contributed by atoms with E-state index in [9.17, 15) is 4.79 Å². The first kappa shape index (κ1) is 26.9. The number of piperidine rings is 1. The van der Waals surface area contributed by atoms with Gasteiger partial charge in [0.25, 0.3) is 0 Å². The van der Waals surface area contributed by atoms with E-state index in [1.54, 1.807) is 20.3 Å². The van der Waals surface area contributed by atoms with Gasteiger partial charge in [-0.15, -0.1) is 0 Å². The van der Waals surface area contributed by atoms with Crippen LogP contribution in [0.4, 0.5) is 0 Å². The molecule has 0 spiro atoms. The molecule has 1 heterocycles. The van der Waals surface area contributed by atoms with Crippen molar-refractivity contribution >= 4 is 29.1 Å². The van der Waals surface area contributed by atoms with Crippen molar-refractivity contribution in [2.75, 3.05) is 33.9 Å². The Morgan fingerprint density at radius 2 is 1.68 bits per heavy atom. The van der Waals surface area contributed by atoms with Gasteiger partial charge >= 0.3 is 0 Å². The third-order valence-electron chi connectivity index (χ3n) is 8.18. The van der Waals surface area contributed by atoms with Crippen molar-refractivity contribution in [1.29, 1.82) is 0 Å². The molecule has 1 aliphatic heterocycles. The average Bonchev–Trinajstić information content (AvgIpc) is 3.68. The highest BCUT2D eigenvalue weighted by Gasteiger charge is 2.61. The number of nitrogens with zero attached hydrogens (tertiary/aromatic N) is 1. The molecule has 2 atom stereocenters. The summed E-state index contributed by atoms with van der Waals surface area (Å²) in [5, 5.41) is 4.16. The predicted octanol–water partition coefficient (Wildman–Crippen LogP) is 6.46. The van der Waals surface area contributed by atoms with E-state index in [1.165, 1.54) is 5.56 Å². The van der Waals surface area contributed by atoms with E-state index >= 15 is 0 Å². The Morgan fingerprint density at radius 1 is 0.947 bits per heavy atom. The fourth-order valence-corrected chi connectivity index (χ4v) is 6.20. The molecule has 0 bridgehead atoms. The summed E-state index contributed by atoms with van der Waals surface area (Å²) in [5.41, 5.74) is 2.70. The molecule has 0 unspecified atom stereocenters. The van der Waals surface area contributed by atoms with E-state index in [4.69, 9.17) is 32.7 Å². The van der Waals surface area contributed by atoms with Crippen molar-refractivity contribution < 1.29 is 14.3 Å². The highest BCUT2D eigenvalue weighted by molar-refractivity contribution is 6.42. The number of carbonyl (C=O) groups excluding carboxylic acids is 1. The predicted molar refractivity (Wildman–Crippen MR) is 152 cm³/mol. The van der Waals surface area contributed by atoms with E-state index < -0.39 is 5.41 Å². The quantitative estimate of drug-likeness (QED) is 0.330. The Hall–Kier alpha value is -2.73. The SMILES string of the molecule is COc1ccc(CNC(=O)[C@@]2(c3ccc(Cl)c(Cl)c3)C[C@H]2CN2CCC(c3ccccc3)CC2)cc1OC. The monoisotopic (exact) mass is 552 g/mol. The van der Waals surface area contributed by atoms with Crippen LogP contribution in [0.1, 0.15) is 41.9 Å². The molecular formula is C31H34Cl2N2O3. The third kappa shape index (κ3) is 5.51. The topological polar surface area (TPSA) is 50.8 Å². The van der Waals surface area contributed by atoms with Crippen LogP contribution in [0.15, 0.2) is 66.7 Å². The molecule has 7 heteroatoms. The van der Waals surface area contributed by atoms with Crippen molar-refractivity contribution in [1.82, 2.24) is 10.2 Å². The van der Waals surface area contributed by atoms with Gasteiger partial charge in [-0.25, -0.2) is 0 Å². The summed E-state index contributed by atoms with van der Waals surface area (Å²) in [6.45, 7) is 3.38. The largest absolute Gasteiger partial charge is 0.493 e. The molecule has 3 aromatic rings. The highest BCUT2D eigenvalue weighted by atomic mass is 35.5. The maximum absolute atomic E-state index is 13.8. The molecule has 2 aliphatic rings. The van der Waals surface area contributed by atoms with Crippen LogP contribution in [0.25, 0.3) is 0 Å². The standard InChI is InChI=1S/C31H34Cl2N2O3/c1-37-28-11-8-21(16-29(28)38-2)19-34-30(36)31(24-9-10-26(32)27(33)17-24)18-25(31)20-35-14-12-23(13-15-35)22-6-4-3-5-7-22/h3-11,16-17,23,25H,12-15,18-20H2,1-2H3,(H,34,36)/t25-,31+/m0/s1. The van der Waals surface area contributed by atoms with Crippen molar-refractivity contribution in [3.8, 4) is 11.5 Å². The normalized spacial score (nSPS) is 21.6. The minimum atomic E-state index is -0.610. The summed E-state index contributed by atoms with van der Waals surface area (Å²) in [4.78, 5) is 16.3. The number of likely N-dealkylation sites (tertiary alicyclic amines) is 1. The fraction of sp³-hybridized carbons (Fsp3) is 0.387. The summed E-state index contributed by atoms with van der Waals surface area (Å²) in [6, 6.07) is 22.1. The van der Waals surface area contributed by atoms with Gasteiger partial charge in [-0.1, -0.05) is 65.7 Å². The Bertz CT molecular complexity index is 1280. The van der Waals surface area contributed by atoms with Crippen LogP contribution in [0, 0.1) is 5.92 Å². The first-order valence-electron chi connectivity index (χ1n) is 13.2. The van der Waals surface area contributed by atoms with Gasteiger partial charge in [0.05, 0.1) is 29.7 Å². The van der Waals surface area contributed by atoms with Gasteiger partial charge in [0.2, 0.25) is 5.91 Å². The van der Waals surface area contributed by atoms with Crippen LogP contribution in [-0.2, 0) is 16.8 Å². The zero-order valence-corrected chi connectivity index (χ0v) is 23.4. The van der Waals surface area contributed by atoms with Gasteiger partial charge in [0, 0.05) is 13.1 Å². The lowest BCUT2D eigenvalue weighted by Crippen LogP contribution is -2.40. The molecule has 5 nitrogen and oxygen atoms in total. The van der Waals surface area contributed by atoms with Crippen molar-refractivity contribution in [3.63, 3.8) is 0 Å². The van der Waals surface area contributed by atoms with Crippen LogP contribution in [0.5, 0.6) is 11.5 Å². The zero-order chi connectivity index (χ0) is 26.7. The van der Waals surface area contributed by atoms with Gasteiger partial charge < -0.3 is 19.7 Å². The van der Waals surface area contributed by atoms with Crippen molar-refractivity contribution in [2.24, 2.45) is 5.92 Å². The molecule has 1 amide bonds. The van der Waals surface area contributed by atoms with Gasteiger partial charge in [0.15, 0.2) is 11.5 Å². The van der Waals surface area contributed by atoms with Crippen LogP contribution < -0.4 is 14.8 Å². The van der Waals surface area contributed by atoms with Crippen LogP contribution in [-0.4, -0.2) is 44.7 Å². The summed E-state index contributed by atoms with van der Waals surface area (Å²) in [6.07, 6.45) is 3.07. The lowest BCUT2D eigenvalue weighted by Gasteiger charge is -2.33. The Morgan fingerprint density at radius 3 is 2.37 bits per heavy atom. The number of nitrogens with one attached hydrogen (secondary N) is 1. The van der Waals surface area contributed by atoms with Crippen molar-refractivity contribution in [3.05, 3.63) is 93.5 Å². The number of benzene rings is 3. The van der Waals surface area contributed by atoms with Gasteiger partial charge in [0.1, 0.15) is 0 Å². The van der Waals surface area contributed by atoms with E-state index in [-0.39, 0.29) is 11.8 Å². The van der Waals surface area contributed by atoms with Crippen LogP contribution in [0.2, 0.25) is 10.0 Å². The zero-order valence-electron chi connectivity index (χ0n) is 21.9. The first-order chi connectivity index (χ1) is 18.4. The van der Waals surface area contributed by atoms with Crippen molar-refractivity contribution in [2.45, 2.75) is 37.1 Å². The lowest BCUT2D eigenvalue weighted by atomic mass is 9.88. The summed E-state index contributed by atoms with van der Waals surface area (Å²) in [7, 11) is 3.22.